The first-order valence-electron chi connectivity index (χ1n) is 13.7. The number of aromatic nitrogens is 3. The van der Waals surface area contributed by atoms with Crippen molar-refractivity contribution in [1.29, 1.82) is 0 Å². The molecule has 1 N–H and O–H groups in total. The summed E-state index contributed by atoms with van der Waals surface area (Å²) in [6.07, 6.45) is 4.09. The molecule has 0 aliphatic carbocycles. The van der Waals surface area contributed by atoms with Crippen LogP contribution in [0.25, 0.3) is 22.3 Å². The third-order valence-corrected chi connectivity index (χ3v) is 8.59. The number of nitrogens with one attached hydrogen (secondary N) is 1. The number of amides is 1. The summed E-state index contributed by atoms with van der Waals surface area (Å²) in [4.78, 5) is 29.7. The number of nitrogens with zero attached hydrogens (tertiary/aromatic N) is 4. The van der Waals surface area contributed by atoms with E-state index in [4.69, 9.17) is 14.7 Å². The smallest absolute Gasteiger partial charge is 0.252 e. The third-order valence-electron chi connectivity index (χ3n) is 7.47. The van der Waals surface area contributed by atoms with Gasteiger partial charge in [0.2, 0.25) is 0 Å². The first-order chi connectivity index (χ1) is 19.5. The van der Waals surface area contributed by atoms with Gasteiger partial charge in [0.1, 0.15) is 16.5 Å². The zero-order valence-electron chi connectivity index (χ0n) is 24.0. The number of ether oxygens (including phenoxy) is 1. The number of fused-ring (bicyclic) bond motifs is 1. The van der Waals surface area contributed by atoms with E-state index in [1.165, 1.54) is 25.7 Å². The number of anilines is 1. The summed E-state index contributed by atoms with van der Waals surface area (Å²) < 4.78 is 29.5. The number of benzene rings is 1. The van der Waals surface area contributed by atoms with Crippen molar-refractivity contribution in [3.05, 3.63) is 71.5 Å². The molecule has 4 aromatic rings. The molecule has 1 aromatic carbocycles. The number of rotatable bonds is 7. The lowest BCUT2D eigenvalue weighted by molar-refractivity contribution is 0.0949. The Morgan fingerprint density at radius 3 is 2.49 bits per heavy atom. The molecular weight excluding hydrogens is 538 g/mol. The van der Waals surface area contributed by atoms with E-state index >= 15 is 0 Å². The summed E-state index contributed by atoms with van der Waals surface area (Å²) >= 11 is 0. The van der Waals surface area contributed by atoms with Crippen LogP contribution in [-0.4, -0.2) is 55.7 Å². The number of hydrogen-bond donors (Lipinski definition) is 1. The van der Waals surface area contributed by atoms with Crippen molar-refractivity contribution >= 4 is 32.5 Å². The highest BCUT2D eigenvalue weighted by Gasteiger charge is 2.23. The molecule has 0 bridgehead atoms. The Labute approximate surface area is 240 Å². The summed E-state index contributed by atoms with van der Waals surface area (Å²) in [5, 5.41) is 3.76. The van der Waals surface area contributed by atoms with E-state index in [0.717, 1.165) is 47.5 Å². The summed E-state index contributed by atoms with van der Waals surface area (Å²) in [5.74, 6) is 2.05. The maximum absolute atomic E-state index is 13.0. The first kappa shape index (κ1) is 28.5. The molecule has 214 valence electrons. The van der Waals surface area contributed by atoms with Crippen LogP contribution in [0.4, 0.5) is 5.82 Å². The molecule has 41 heavy (non-hydrogen) atoms. The van der Waals surface area contributed by atoms with E-state index in [0.29, 0.717) is 28.7 Å². The lowest BCUT2D eigenvalue weighted by Gasteiger charge is -2.35. The zero-order valence-corrected chi connectivity index (χ0v) is 24.8. The second-order valence-electron chi connectivity index (χ2n) is 11.0. The van der Waals surface area contributed by atoms with Crippen LogP contribution in [0.15, 0.2) is 59.6 Å². The maximum atomic E-state index is 13.0. The second-order valence-corrected chi connectivity index (χ2v) is 13.0. The largest absolute Gasteiger partial charge is 0.495 e. The molecule has 0 radical (unpaired) electrons. The van der Waals surface area contributed by atoms with E-state index in [9.17, 15) is 13.2 Å². The fraction of sp³-hybridized carbons (Fsp3) is 0.355. The lowest BCUT2D eigenvalue weighted by Crippen LogP contribution is -2.39. The predicted molar refractivity (Wildman–Crippen MR) is 160 cm³/mol. The fourth-order valence-corrected chi connectivity index (χ4v) is 6.50. The van der Waals surface area contributed by atoms with E-state index in [1.54, 1.807) is 13.1 Å². The Kier molecular flexibility index (Phi) is 7.95. The number of pyridine rings is 3. The van der Waals surface area contributed by atoms with Gasteiger partial charge in [0, 0.05) is 42.1 Å². The highest BCUT2D eigenvalue weighted by molar-refractivity contribution is 7.90. The fourth-order valence-electron chi connectivity index (χ4n) is 5.61. The van der Waals surface area contributed by atoms with Crippen LogP contribution in [0.2, 0.25) is 0 Å². The molecule has 1 amide bonds. The van der Waals surface area contributed by atoms with Crippen molar-refractivity contribution < 1.29 is 17.9 Å². The van der Waals surface area contributed by atoms with E-state index < -0.39 is 9.84 Å². The quantitative estimate of drug-likeness (QED) is 0.335. The van der Waals surface area contributed by atoms with Gasteiger partial charge in [0.05, 0.1) is 36.3 Å². The van der Waals surface area contributed by atoms with Gasteiger partial charge in [-0.1, -0.05) is 19.9 Å². The molecule has 1 aliphatic rings. The van der Waals surface area contributed by atoms with Crippen molar-refractivity contribution in [1.82, 2.24) is 20.3 Å². The number of carbonyl (C=O) groups excluding carboxylic acids is 1. The molecule has 10 heteroatoms. The number of piperidine rings is 1. The molecule has 1 aliphatic heterocycles. The van der Waals surface area contributed by atoms with Gasteiger partial charge in [0.15, 0.2) is 9.84 Å². The predicted octanol–water partition coefficient (Wildman–Crippen LogP) is 4.82. The molecule has 4 heterocycles. The van der Waals surface area contributed by atoms with Crippen molar-refractivity contribution in [3.8, 4) is 17.1 Å². The average Bonchev–Trinajstić information content (AvgIpc) is 2.94. The standard InChI is InChI=1S/C31H35N5O4S/c1-19-13-20(2)18-36(17-19)29-8-6-7-25(35-29)26-11-9-22-15-32-23(14-27(22)34-26)16-33-31(37)24-10-12-28(41(5,38)39)30(40-4)21(24)3/h6-12,14-15,19-20H,13,16-18H2,1-5H3,(H,33,37)/t19-,20+. The summed E-state index contributed by atoms with van der Waals surface area (Å²) in [7, 11) is -2.12. The number of hydrogen-bond acceptors (Lipinski definition) is 8. The molecule has 5 rings (SSSR count). The van der Waals surface area contributed by atoms with E-state index in [2.05, 4.69) is 35.1 Å². The normalized spacial score (nSPS) is 17.4. The molecule has 1 saturated heterocycles. The van der Waals surface area contributed by atoms with Crippen molar-refractivity contribution in [2.75, 3.05) is 31.4 Å². The Balaban J connectivity index is 1.35. The van der Waals surface area contributed by atoms with E-state index in [1.807, 2.05) is 30.3 Å². The van der Waals surface area contributed by atoms with Crippen molar-refractivity contribution in [2.24, 2.45) is 11.8 Å². The van der Waals surface area contributed by atoms with Crippen molar-refractivity contribution in [2.45, 2.75) is 38.6 Å². The van der Waals surface area contributed by atoms with Gasteiger partial charge in [0.25, 0.3) is 5.91 Å². The Hall–Kier alpha value is -4.05. The lowest BCUT2D eigenvalue weighted by atomic mass is 9.92. The van der Waals surface area contributed by atoms with Crippen LogP contribution in [-0.2, 0) is 16.4 Å². The second kappa shape index (κ2) is 11.4. The minimum atomic E-state index is -3.50. The van der Waals surface area contributed by atoms with Gasteiger partial charge in [-0.25, -0.2) is 18.4 Å². The molecule has 0 spiro atoms. The minimum absolute atomic E-state index is 0.0483. The molecule has 0 saturated carbocycles. The number of carbonyl (C=O) groups is 1. The summed E-state index contributed by atoms with van der Waals surface area (Å²) in [5.41, 5.74) is 3.76. The monoisotopic (exact) mass is 573 g/mol. The van der Waals surface area contributed by atoms with Gasteiger partial charge in [-0.3, -0.25) is 9.78 Å². The van der Waals surface area contributed by atoms with E-state index in [-0.39, 0.29) is 23.1 Å². The van der Waals surface area contributed by atoms with Crippen LogP contribution in [0, 0.1) is 18.8 Å². The van der Waals surface area contributed by atoms with Gasteiger partial charge in [-0.15, -0.1) is 0 Å². The Morgan fingerprint density at radius 1 is 1.05 bits per heavy atom. The zero-order chi connectivity index (χ0) is 29.3. The number of sulfone groups is 1. The highest BCUT2D eigenvalue weighted by atomic mass is 32.2. The van der Waals surface area contributed by atoms with Crippen LogP contribution >= 0.6 is 0 Å². The minimum Gasteiger partial charge on any atom is -0.495 e. The summed E-state index contributed by atoms with van der Waals surface area (Å²) in [6, 6.07) is 14.7. The molecule has 0 unspecified atom stereocenters. The Bertz CT molecular complexity index is 1710. The van der Waals surface area contributed by atoms with Crippen LogP contribution in [0.1, 0.15) is 41.9 Å². The molecular formula is C31H35N5O4S. The molecule has 1 fully saturated rings. The third kappa shape index (κ3) is 6.17. The maximum Gasteiger partial charge on any atom is 0.252 e. The SMILES string of the molecule is COc1c(S(C)(=O)=O)ccc(C(=O)NCc2cc3nc(-c4cccc(N5C[C@H](C)C[C@H](C)C5)n4)ccc3cn2)c1C. The average molecular weight is 574 g/mol. The topological polar surface area (TPSA) is 114 Å². The first-order valence-corrected chi connectivity index (χ1v) is 15.6. The van der Waals surface area contributed by atoms with Gasteiger partial charge < -0.3 is 15.0 Å². The van der Waals surface area contributed by atoms with Gasteiger partial charge in [-0.2, -0.15) is 0 Å². The van der Waals surface area contributed by atoms with Crippen molar-refractivity contribution in [3.63, 3.8) is 0 Å². The Morgan fingerprint density at radius 2 is 1.78 bits per heavy atom. The molecule has 9 nitrogen and oxygen atoms in total. The van der Waals surface area contributed by atoms with Crippen LogP contribution in [0.5, 0.6) is 5.75 Å². The van der Waals surface area contributed by atoms with Crippen LogP contribution in [0.3, 0.4) is 0 Å². The number of methoxy groups -OCH3 is 1. The van der Waals surface area contributed by atoms with Gasteiger partial charge in [-0.05, 0) is 67.6 Å². The van der Waals surface area contributed by atoms with Gasteiger partial charge >= 0.3 is 0 Å². The highest BCUT2D eigenvalue weighted by Crippen LogP contribution is 2.30. The van der Waals surface area contributed by atoms with Crippen LogP contribution < -0.4 is 15.0 Å². The summed E-state index contributed by atoms with van der Waals surface area (Å²) in [6.45, 7) is 8.42. The molecule has 2 atom stereocenters. The molecule has 3 aromatic heterocycles.